The summed E-state index contributed by atoms with van der Waals surface area (Å²) in [4.78, 5) is 16.0. The summed E-state index contributed by atoms with van der Waals surface area (Å²) in [7, 11) is -2.93. The van der Waals surface area contributed by atoms with Gasteiger partial charge < -0.3 is 10.1 Å². The molecule has 0 spiro atoms. The van der Waals surface area contributed by atoms with Crippen molar-refractivity contribution in [1.29, 1.82) is 0 Å². The molecule has 118 valence electrons. The molecule has 1 N–H and O–H groups in total. The van der Waals surface area contributed by atoms with E-state index in [1.54, 1.807) is 31.2 Å². The van der Waals surface area contributed by atoms with Gasteiger partial charge in [0.15, 0.2) is 15.0 Å². The molecule has 0 bridgehead atoms. The number of esters is 1. The average molecular weight is 340 g/mol. The van der Waals surface area contributed by atoms with Crippen molar-refractivity contribution in [3.8, 4) is 0 Å². The van der Waals surface area contributed by atoms with E-state index >= 15 is 0 Å². The maximum Gasteiger partial charge on any atom is 0.338 e. The maximum atomic E-state index is 11.6. The summed E-state index contributed by atoms with van der Waals surface area (Å²) in [6.07, 6.45) is 0. The molecule has 2 heterocycles. The summed E-state index contributed by atoms with van der Waals surface area (Å²) in [6.45, 7) is 2.11. The van der Waals surface area contributed by atoms with Crippen LogP contribution < -0.4 is 5.32 Å². The van der Waals surface area contributed by atoms with Crippen LogP contribution in [0.15, 0.2) is 29.3 Å². The first-order valence-corrected chi connectivity index (χ1v) is 9.66. The Morgan fingerprint density at radius 3 is 2.73 bits per heavy atom. The Morgan fingerprint density at radius 1 is 1.36 bits per heavy atom. The van der Waals surface area contributed by atoms with E-state index in [1.807, 2.05) is 0 Å². The zero-order valence-corrected chi connectivity index (χ0v) is 13.6. The van der Waals surface area contributed by atoms with E-state index in [1.165, 1.54) is 11.8 Å². The van der Waals surface area contributed by atoms with E-state index in [-0.39, 0.29) is 28.8 Å². The molecule has 1 aromatic rings. The molecule has 0 unspecified atom stereocenters. The lowest BCUT2D eigenvalue weighted by Gasteiger charge is -2.07. The Balaban J connectivity index is 1.64. The van der Waals surface area contributed by atoms with Crippen LogP contribution in [-0.2, 0) is 14.6 Å². The fraction of sp³-hybridized carbons (Fsp3) is 0.429. The molecule has 2 aliphatic rings. The van der Waals surface area contributed by atoms with E-state index in [2.05, 4.69) is 10.3 Å². The number of nitrogens with one attached hydrogen (secondary N) is 1. The second-order valence-corrected chi connectivity index (χ2v) is 8.54. The maximum absolute atomic E-state index is 11.6. The summed E-state index contributed by atoms with van der Waals surface area (Å²) >= 11 is 1.47. The molecule has 0 aromatic heterocycles. The quantitative estimate of drug-likeness (QED) is 0.840. The number of rotatable bonds is 3. The van der Waals surface area contributed by atoms with Gasteiger partial charge in [0, 0.05) is 10.9 Å². The molecule has 0 saturated carbocycles. The van der Waals surface area contributed by atoms with Crippen LogP contribution >= 0.6 is 11.8 Å². The van der Waals surface area contributed by atoms with Crippen LogP contribution in [0.5, 0.6) is 0 Å². The van der Waals surface area contributed by atoms with Crippen LogP contribution in [0, 0.1) is 0 Å². The minimum Gasteiger partial charge on any atom is -0.462 e. The smallest absolute Gasteiger partial charge is 0.338 e. The zero-order chi connectivity index (χ0) is 15.7. The SMILES string of the molecule is CCOC(=O)c1ccc(NC2=N[C@@H]3CS(=O)(=O)C[C@H]3S2)cc1. The number of sulfone groups is 1. The zero-order valence-electron chi connectivity index (χ0n) is 12.0. The lowest BCUT2D eigenvalue weighted by atomic mass is 10.2. The number of carbonyl (C=O) groups excluding carboxylic acids is 1. The van der Waals surface area contributed by atoms with Crippen LogP contribution in [0.2, 0.25) is 0 Å². The van der Waals surface area contributed by atoms with Gasteiger partial charge >= 0.3 is 5.97 Å². The average Bonchev–Trinajstić information content (AvgIpc) is 2.92. The normalized spacial score (nSPS) is 25.4. The number of amidine groups is 1. The van der Waals surface area contributed by atoms with E-state index in [9.17, 15) is 13.2 Å². The molecule has 22 heavy (non-hydrogen) atoms. The molecule has 0 aliphatic carbocycles. The third-order valence-corrected chi connectivity index (χ3v) is 6.61. The van der Waals surface area contributed by atoms with E-state index in [0.717, 1.165) is 10.9 Å². The van der Waals surface area contributed by atoms with E-state index in [0.29, 0.717) is 12.2 Å². The summed E-state index contributed by atoms with van der Waals surface area (Å²) in [5, 5.41) is 3.91. The largest absolute Gasteiger partial charge is 0.462 e. The minimum atomic E-state index is -2.93. The first-order valence-electron chi connectivity index (χ1n) is 6.96. The van der Waals surface area contributed by atoms with Gasteiger partial charge in [0.2, 0.25) is 0 Å². The van der Waals surface area contributed by atoms with Crippen LogP contribution in [-0.4, -0.2) is 49.0 Å². The van der Waals surface area contributed by atoms with Gasteiger partial charge in [-0.3, -0.25) is 4.99 Å². The van der Waals surface area contributed by atoms with Crippen molar-refractivity contribution in [2.45, 2.75) is 18.2 Å². The molecule has 6 nitrogen and oxygen atoms in total. The van der Waals surface area contributed by atoms with Crippen LogP contribution in [0.25, 0.3) is 0 Å². The number of nitrogens with zero attached hydrogens (tertiary/aromatic N) is 1. The van der Waals surface area contributed by atoms with Crippen molar-refractivity contribution in [3.05, 3.63) is 29.8 Å². The van der Waals surface area contributed by atoms with E-state index in [4.69, 9.17) is 4.74 Å². The fourth-order valence-corrected chi connectivity index (χ4v) is 6.12. The van der Waals surface area contributed by atoms with Crippen molar-refractivity contribution in [2.24, 2.45) is 4.99 Å². The molecule has 3 rings (SSSR count). The lowest BCUT2D eigenvalue weighted by Crippen LogP contribution is -2.13. The third-order valence-electron chi connectivity index (χ3n) is 3.47. The molecule has 1 aromatic carbocycles. The van der Waals surface area contributed by atoms with Crippen molar-refractivity contribution >= 4 is 38.4 Å². The van der Waals surface area contributed by atoms with Gasteiger partial charge in [-0.1, -0.05) is 11.8 Å². The molecule has 8 heteroatoms. The number of benzene rings is 1. The Morgan fingerprint density at radius 2 is 2.09 bits per heavy atom. The Kier molecular flexibility index (Phi) is 4.14. The molecule has 2 aliphatic heterocycles. The number of thioether (sulfide) groups is 1. The van der Waals surface area contributed by atoms with Crippen molar-refractivity contribution in [1.82, 2.24) is 0 Å². The molecule has 0 amide bonds. The van der Waals surface area contributed by atoms with Gasteiger partial charge in [0.1, 0.15) is 0 Å². The Bertz CT molecular complexity index is 713. The highest BCUT2D eigenvalue weighted by Gasteiger charge is 2.42. The second-order valence-electron chi connectivity index (χ2n) is 5.16. The fourth-order valence-electron chi connectivity index (χ4n) is 2.44. The summed E-state index contributed by atoms with van der Waals surface area (Å²) in [6, 6.07) is 6.79. The topological polar surface area (TPSA) is 84.8 Å². The molecule has 0 radical (unpaired) electrons. The summed E-state index contributed by atoms with van der Waals surface area (Å²) in [5.41, 5.74) is 1.30. The van der Waals surface area contributed by atoms with Gasteiger partial charge in [0.25, 0.3) is 0 Å². The summed E-state index contributed by atoms with van der Waals surface area (Å²) < 4.78 is 28.0. The Hall–Kier alpha value is -1.54. The van der Waals surface area contributed by atoms with Crippen molar-refractivity contribution in [2.75, 3.05) is 23.4 Å². The number of aliphatic imine (C=N–C) groups is 1. The van der Waals surface area contributed by atoms with Gasteiger partial charge in [-0.25, -0.2) is 13.2 Å². The standard InChI is InChI=1S/C14H16N2O4S2/c1-2-20-13(17)9-3-5-10(6-4-9)15-14-16-11-7-22(18,19)8-12(11)21-14/h3-6,11-12H,2,7-8H2,1H3,(H,15,16)/t11-,12-/m1/s1. The third kappa shape index (κ3) is 3.27. The van der Waals surface area contributed by atoms with Crippen molar-refractivity contribution < 1.29 is 17.9 Å². The molecule has 2 atom stereocenters. The van der Waals surface area contributed by atoms with Gasteiger partial charge in [-0.2, -0.15) is 0 Å². The summed E-state index contributed by atoms with van der Waals surface area (Å²) in [5.74, 6) is -0.0161. The van der Waals surface area contributed by atoms with Gasteiger partial charge in [-0.15, -0.1) is 0 Å². The monoisotopic (exact) mass is 340 g/mol. The first-order chi connectivity index (χ1) is 10.5. The van der Waals surface area contributed by atoms with E-state index < -0.39 is 9.84 Å². The highest BCUT2D eigenvalue weighted by Crippen LogP contribution is 2.34. The predicted molar refractivity (Wildman–Crippen MR) is 87.3 cm³/mol. The number of ether oxygens (including phenoxy) is 1. The van der Waals surface area contributed by atoms with Crippen LogP contribution in [0.1, 0.15) is 17.3 Å². The molecule has 1 saturated heterocycles. The minimum absolute atomic E-state index is 0.0197. The lowest BCUT2D eigenvalue weighted by molar-refractivity contribution is 0.0526. The molecular weight excluding hydrogens is 324 g/mol. The number of carbonyl (C=O) groups is 1. The van der Waals surface area contributed by atoms with Gasteiger partial charge in [-0.05, 0) is 31.2 Å². The Labute approximate surface area is 133 Å². The van der Waals surface area contributed by atoms with Crippen molar-refractivity contribution in [3.63, 3.8) is 0 Å². The van der Waals surface area contributed by atoms with Crippen LogP contribution in [0.4, 0.5) is 5.69 Å². The number of anilines is 1. The highest BCUT2D eigenvalue weighted by atomic mass is 32.2. The number of hydrogen-bond donors (Lipinski definition) is 1. The second kappa shape index (κ2) is 5.92. The molecular formula is C14H16N2O4S2. The van der Waals surface area contributed by atoms with Gasteiger partial charge in [0.05, 0.1) is 29.7 Å². The van der Waals surface area contributed by atoms with Crippen LogP contribution in [0.3, 0.4) is 0 Å². The number of hydrogen-bond acceptors (Lipinski definition) is 7. The highest BCUT2D eigenvalue weighted by molar-refractivity contribution is 8.15. The number of fused-ring (bicyclic) bond motifs is 1. The molecule has 1 fully saturated rings. The predicted octanol–water partition coefficient (Wildman–Crippen LogP) is 1.54. The first kappa shape index (κ1) is 15.4.